The molecule has 10 nitrogen and oxygen atoms in total. The molecule has 0 fully saturated rings. The number of nitrogens with one attached hydrogen (secondary N) is 2. The van der Waals surface area contributed by atoms with E-state index in [1.807, 2.05) is 12.1 Å². The molecule has 1 aliphatic carbocycles. The van der Waals surface area contributed by atoms with Crippen LogP contribution < -0.4 is 15.4 Å². The van der Waals surface area contributed by atoms with Crippen LogP contribution in [0.1, 0.15) is 36.4 Å². The molecule has 0 saturated carbocycles. The van der Waals surface area contributed by atoms with Crippen molar-refractivity contribution < 1.29 is 51.4 Å². The third-order valence-corrected chi connectivity index (χ3v) is 8.68. The second kappa shape index (κ2) is 13.8. The summed E-state index contributed by atoms with van der Waals surface area (Å²) in [4.78, 5) is 65.0. The average Bonchev–Trinajstić information content (AvgIpc) is 3.34. The van der Waals surface area contributed by atoms with Gasteiger partial charge in [0.25, 0.3) is 5.24 Å². The van der Waals surface area contributed by atoms with Crippen molar-refractivity contribution in [3.63, 3.8) is 0 Å². The van der Waals surface area contributed by atoms with Gasteiger partial charge in [-0.15, -0.1) is 0 Å². The van der Waals surface area contributed by atoms with E-state index in [0.717, 1.165) is 22.2 Å². The normalized spacial score (nSPS) is 19.4. The molecule has 242 valence electrons. The molecule has 4 atom stereocenters. The molecule has 0 bridgehead atoms. The van der Waals surface area contributed by atoms with E-state index in [4.69, 9.17) is 0 Å². The maximum atomic E-state index is 14.0. The summed E-state index contributed by atoms with van der Waals surface area (Å²) in [6, 6.07) is 8.43. The number of benzene rings is 2. The minimum Gasteiger partial charge on any atom is -0.481 e. The number of amides is 2. The molecule has 0 spiro atoms. The smallest absolute Gasteiger partial charge is 0.305 e. The number of Topliss-reactive ketones (excluding diaryl/α,β-unsaturated/α-hetero) is 2. The molecule has 2 heterocycles. The third kappa shape index (κ3) is 7.09. The minimum absolute atomic E-state index is 0.00626. The van der Waals surface area contributed by atoms with Gasteiger partial charge < -0.3 is 25.0 Å². The van der Waals surface area contributed by atoms with Crippen LogP contribution in [-0.2, 0) is 32.1 Å². The van der Waals surface area contributed by atoms with Crippen molar-refractivity contribution in [3.05, 3.63) is 83.2 Å². The summed E-state index contributed by atoms with van der Waals surface area (Å²) in [6.45, 7) is -1.22. The summed E-state index contributed by atoms with van der Waals surface area (Å²) in [5, 5.41) is 14.2. The fraction of sp³-hybridized carbons (Fsp3) is 0.323. The molecule has 0 saturated heterocycles. The number of thioether (sulfide) groups is 1. The highest BCUT2D eigenvalue weighted by Gasteiger charge is 2.42. The number of carbonyl (C=O) groups is 5. The van der Waals surface area contributed by atoms with Crippen LogP contribution in [0.3, 0.4) is 0 Å². The lowest BCUT2D eigenvalue weighted by Gasteiger charge is -2.31. The Morgan fingerprint density at radius 2 is 1.74 bits per heavy atom. The molecule has 2 aliphatic rings. The number of aryl methyl sites for hydroxylation is 1. The largest absolute Gasteiger partial charge is 0.481 e. The first kappa shape index (κ1) is 32.7. The van der Waals surface area contributed by atoms with Gasteiger partial charge >= 0.3 is 5.97 Å². The molecule has 15 heteroatoms. The number of ketones is 2. The van der Waals surface area contributed by atoms with Gasteiger partial charge in [-0.2, -0.15) is 8.78 Å². The second-order valence-electron chi connectivity index (χ2n) is 10.9. The first-order valence-corrected chi connectivity index (χ1v) is 15.0. The lowest BCUT2D eigenvalue weighted by atomic mass is 9.79. The Bertz CT molecular complexity index is 1670. The van der Waals surface area contributed by atoms with Crippen molar-refractivity contribution in [3.8, 4) is 5.75 Å². The highest BCUT2D eigenvalue weighted by atomic mass is 32.2. The van der Waals surface area contributed by atoms with Crippen molar-refractivity contribution in [2.24, 2.45) is 5.92 Å². The van der Waals surface area contributed by atoms with Gasteiger partial charge in [0, 0.05) is 41.9 Å². The maximum absolute atomic E-state index is 14.0. The number of halogens is 4. The minimum atomic E-state index is -1.90. The second-order valence-corrected chi connectivity index (χ2v) is 12.0. The van der Waals surface area contributed by atoms with E-state index >= 15 is 0 Å². The number of aromatic nitrogens is 1. The number of carboxylic acid groups (broad SMARTS) is 1. The summed E-state index contributed by atoms with van der Waals surface area (Å²) in [5.41, 5.74) is 1.56. The highest BCUT2D eigenvalue weighted by Crippen LogP contribution is 2.38. The molecule has 1 aliphatic heterocycles. The summed E-state index contributed by atoms with van der Waals surface area (Å²) in [6.07, 6.45) is 1.53. The number of hydrogen-bond donors (Lipinski definition) is 3. The van der Waals surface area contributed by atoms with Gasteiger partial charge in [0.1, 0.15) is 18.4 Å². The number of nitrogens with zero attached hydrogens (tertiary/aromatic N) is 1. The number of hydrogen-bond acceptors (Lipinski definition) is 7. The number of rotatable bonds is 10. The molecule has 3 N–H and O–H groups in total. The number of aliphatic carboxylic acids is 1. The van der Waals surface area contributed by atoms with Crippen LogP contribution in [0.15, 0.2) is 53.6 Å². The topological polar surface area (TPSA) is 144 Å². The molecule has 1 aromatic heterocycles. The third-order valence-electron chi connectivity index (χ3n) is 7.87. The molecule has 2 aromatic carbocycles. The Labute approximate surface area is 263 Å². The standard InChI is InChI=1S/C31H27F4N3O7S/c32-18-11-19(33)27(35)29(26(18)34)45-14-23(40)21(12-24(41)42)36-30(43)16-10-22(39)25-20(7-6-15-8-9-38(13-16)28(15)25)37-31(44)46-17-4-2-1-3-5-17/h1-5,8-9,11,16,20-21,25H,6-7,10,12-14H2,(H,36,43)(H,37,44)(H,41,42). The number of carboxylic acids is 1. The van der Waals surface area contributed by atoms with Crippen molar-refractivity contribution in [1.29, 1.82) is 0 Å². The van der Waals surface area contributed by atoms with Gasteiger partial charge in [0.05, 0.1) is 18.3 Å². The van der Waals surface area contributed by atoms with E-state index in [1.54, 1.807) is 35.0 Å². The van der Waals surface area contributed by atoms with E-state index in [1.165, 1.54) is 0 Å². The van der Waals surface area contributed by atoms with E-state index in [-0.39, 0.29) is 30.1 Å². The van der Waals surface area contributed by atoms with Crippen LogP contribution in [0, 0.1) is 29.2 Å². The molecular formula is C31H27F4N3O7S. The Morgan fingerprint density at radius 1 is 1.04 bits per heavy atom. The molecule has 2 amide bonds. The molecular weight excluding hydrogens is 634 g/mol. The Morgan fingerprint density at radius 3 is 2.41 bits per heavy atom. The highest BCUT2D eigenvalue weighted by molar-refractivity contribution is 8.13. The van der Waals surface area contributed by atoms with E-state index < -0.39 is 83.6 Å². The van der Waals surface area contributed by atoms with Gasteiger partial charge in [-0.1, -0.05) is 18.2 Å². The zero-order valence-electron chi connectivity index (χ0n) is 23.9. The van der Waals surface area contributed by atoms with Crippen LogP contribution in [0.5, 0.6) is 5.75 Å². The summed E-state index contributed by atoms with van der Waals surface area (Å²) in [5.74, 6) is -14.5. The average molecular weight is 662 g/mol. The predicted molar refractivity (Wildman–Crippen MR) is 154 cm³/mol. The summed E-state index contributed by atoms with van der Waals surface area (Å²) >= 11 is 0.986. The Kier molecular flexibility index (Phi) is 9.79. The molecule has 3 aromatic rings. The molecule has 46 heavy (non-hydrogen) atoms. The zero-order valence-corrected chi connectivity index (χ0v) is 24.8. The van der Waals surface area contributed by atoms with Crippen LogP contribution >= 0.6 is 11.8 Å². The quantitative estimate of drug-likeness (QED) is 0.167. The van der Waals surface area contributed by atoms with Crippen molar-refractivity contribution in [2.45, 2.75) is 55.1 Å². The monoisotopic (exact) mass is 661 g/mol. The molecule has 0 radical (unpaired) electrons. The fourth-order valence-corrected chi connectivity index (χ4v) is 6.45. The van der Waals surface area contributed by atoms with Crippen LogP contribution in [0.2, 0.25) is 0 Å². The molecule has 5 rings (SSSR count). The number of ether oxygens (including phenoxy) is 1. The van der Waals surface area contributed by atoms with Gasteiger partial charge in [0.15, 0.2) is 23.2 Å². The Hall–Kier alpha value is -4.66. The van der Waals surface area contributed by atoms with E-state index in [2.05, 4.69) is 15.4 Å². The first-order chi connectivity index (χ1) is 21.9. The summed E-state index contributed by atoms with van der Waals surface area (Å²) in [7, 11) is 0. The van der Waals surface area contributed by atoms with Gasteiger partial charge in [-0.3, -0.25) is 24.0 Å². The van der Waals surface area contributed by atoms with Crippen LogP contribution in [0.25, 0.3) is 0 Å². The fourth-order valence-electron chi connectivity index (χ4n) is 5.73. The van der Waals surface area contributed by atoms with E-state index in [9.17, 15) is 46.6 Å². The van der Waals surface area contributed by atoms with Crippen molar-refractivity contribution in [1.82, 2.24) is 15.2 Å². The predicted octanol–water partition coefficient (Wildman–Crippen LogP) is 4.14. The van der Waals surface area contributed by atoms with Gasteiger partial charge in [0.2, 0.25) is 17.5 Å². The lowest BCUT2D eigenvalue weighted by molar-refractivity contribution is -0.141. The lowest BCUT2D eigenvalue weighted by Crippen LogP contribution is -2.47. The molecule has 4 unspecified atom stereocenters. The van der Waals surface area contributed by atoms with Crippen molar-refractivity contribution >= 4 is 40.4 Å². The first-order valence-electron chi connectivity index (χ1n) is 14.2. The van der Waals surface area contributed by atoms with Gasteiger partial charge in [-0.25, -0.2) is 8.78 Å². The Balaban J connectivity index is 1.29. The van der Waals surface area contributed by atoms with E-state index in [0.29, 0.717) is 18.5 Å². The van der Waals surface area contributed by atoms with Crippen molar-refractivity contribution in [2.75, 3.05) is 6.61 Å². The summed E-state index contributed by atoms with van der Waals surface area (Å²) < 4.78 is 61.4. The number of carbonyl (C=O) groups excluding carboxylic acids is 4. The van der Waals surface area contributed by atoms with Crippen LogP contribution in [-0.4, -0.2) is 57.0 Å². The SMILES string of the molecule is O=C(O)CC(NC(=O)C1CC(=O)C2c3c(ccn3C1)CCC2NC(=O)Sc1ccccc1)C(=O)COc1c(F)c(F)cc(F)c1F. The van der Waals surface area contributed by atoms with Gasteiger partial charge in [-0.05, 0) is 48.4 Å². The maximum Gasteiger partial charge on any atom is 0.305 e. The van der Waals surface area contributed by atoms with Crippen LogP contribution in [0.4, 0.5) is 22.4 Å². The zero-order chi connectivity index (χ0) is 33.1.